The van der Waals surface area contributed by atoms with Crippen molar-refractivity contribution < 1.29 is 4.55 Å². The molecule has 140 valence electrons. The van der Waals surface area contributed by atoms with Gasteiger partial charge in [0, 0.05) is 32.1 Å². The number of fused-ring (bicyclic) bond motifs is 6. The maximum Gasteiger partial charge on any atom is 0.160 e. The number of aromatic nitrogens is 1. The second kappa shape index (κ2) is 6.14. The quantitative estimate of drug-likeness (QED) is 0.284. The molecule has 0 amide bonds. The third kappa shape index (κ3) is 2.35. The predicted molar refractivity (Wildman–Crippen MR) is 124 cm³/mol. The van der Waals surface area contributed by atoms with Crippen molar-refractivity contribution in [3.05, 3.63) is 83.9 Å². The van der Waals surface area contributed by atoms with Crippen LogP contribution in [0.25, 0.3) is 49.2 Å². The summed E-state index contributed by atoms with van der Waals surface area (Å²) in [7, 11) is 0. The van der Waals surface area contributed by atoms with E-state index in [1.54, 1.807) is 12.3 Å². The number of hydrogen-bond acceptors (Lipinski definition) is 1. The van der Waals surface area contributed by atoms with Crippen LogP contribution in [0.5, 0.6) is 0 Å². The van der Waals surface area contributed by atoms with Crippen LogP contribution in [0.3, 0.4) is 0 Å². The van der Waals surface area contributed by atoms with Crippen molar-refractivity contribution in [1.29, 1.82) is 0 Å². The van der Waals surface area contributed by atoms with Crippen LogP contribution in [0.4, 0.5) is 0 Å². The van der Waals surface area contributed by atoms with Crippen molar-refractivity contribution >= 4 is 60.9 Å². The van der Waals surface area contributed by atoms with Crippen LogP contribution < -0.4 is 0 Å². The normalized spacial score (nSPS) is 13.2. The van der Waals surface area contributed by atoms with E-state index in [2.05, 4.69) is 65.1 Å². The minimum Gasteiger partial charge on any atom is -0.612 e. The second-order valence-corrected chi connectivity index (χ2v) is 9.17. The molecular weight excluding hydrogens is 398 g/mol. The Labute approximate surface area is 175 Å². The minimum atomic E-state index is -1.11. The van der Waals surface area contributed by atoms with Crippen LogP contribution in [-0.2, 0) is 11.2 Å². The molecule has 0 aliphatic rings. The molecule has 0 radical (unpaired) electrons. The zero-order chi connectivity index (χ0) is 19.7. The molecule has 29 heavy (non-hydrogen) atoms. The van der Waals surface area contributed by atoms with Crippen LogP contribution in [-0.4, -0.2) is 15.2 Å². The first kappa shape index (κ1) is 17.2. The molecule has 0 saturated heterocycles. The number of benzene rings is 4. The van der Waals surface area contributed by atoms with E-state index in [9.17, 15) is 4.55 Å². The van der Waals surface area contributed by atoms with Crippen molar-refractivity contribution in [2.24, 2.45) is 0 Å². The van der Waals surface area contributed by atoms with Gasteiger partial charge in [-0.2, -0.15) is 0 Å². The summed E-state index contributed by atoms with van der Waals surface area (Å²) >= 11 is 5.22. The van der Waals surface area contributed by atoms with Crippen LogP contribution in [0, 0.1) is 0 Å². The van der Waals surface area contributed by atoms with Crippen LogP contribution in [0.15, 0.2) is 83.8 Å². The molecule has 0 bridgehead atoms. The van der Waals surface area contributed by atoms with Gasteiger partial charge in [0.1, 0.15) is 6.26 Å². The van der Waals surface area contributed by atoms with Gasteiger partial charge in [-0.15, -0.1) is 0 Å². The van der Waals surface area contributed by atoms with Gasteiger partial charge in [-0.25, -0.2) is 0 Å². The first-order valence-corrected chi connectivity index (χ1v) is 11.4. The topological polar surface area (TPSA) is 27.5 Å². The van der Waals surface area contributed by atoms with E-state index in [0.29, 0.717) is 5.02 Å². The smallest absolute Gasteiger partial charge is 0.160 e. The Morgan fingerprint density at radius 3 is 1.93 bits per heavy atom. The summed E-state index contributed by atoms with van der Waals surface area (Å²) in [5.74, 6) is 0. The molecule has 0 aliphatic carbocycles. The maximum absolute atomic E-state index is 12.4. The Morgan fingerprint density at radius 2 is 1.34 bits per heavy atom. The lowest BCUT2D eigenvalue weighted by Gasteiger charge is -2.12. The third-order valence-electron chi connectivity index (χ3n) is 5.77. The van der Waals surface area contributed by atoms with Crippen molar-refractivity contribution in [3.8, 4) is 11.1 Å². The van der Waals surface area contributed by atoms with E-state index in [-0.39, 0.29) is 0 Å². The lowest BCUT2D eigenvalue weighted by Crippen LogP contribution is -2.00. The van der Waals surface area contributed by atoms with Gasteiger partial charge in [-0.1, -0.05) is 48.0 Å². The SMILES string of the molecule is C[S+]([O-])c1ccc(Cl)cc1-c1cc2c3ccccc3n3c4ccccc4c(c1)c23. The predicted octanol–water partition coefficient (Wildman–Crippen LogP) is 6.89. The van der Waals surface area contributed by atoms with E-state index in [1.165, 1.54) is 38.1 Å². The van der Waals surface area contributed by atoms with Gasteiger partial charge in [-0.05, 0) is 59.2 Å². The lowest BCUT2D eigenvalue weighted by atomic mass is 9.99. The molecule has 0 saturated carbocycles. The van der Waals surface area contributed by atoms with Crippen LogP contribution in [0.2, 0.25) is 5.02 Å². The van der Waals surface area contributed by atoms with Crippen molar-refractivity contribution in [2.75, 3.05) is 6.26 Å². The van der Waals surface area contributed by atoms with Gasteiger partial charge in [-0.3, -0.25) is 0 Å². The summed E-state index contributed by atoms with van der Waals surface area (Å²) in [5, 5.41) is 5.50. The van der Waals surface area contributed by atoms with E-state index in [4.69, 9.17) is 11.6 Å². The molecule has 2 nitrogen and oxygen atoms in total. The molecule has 1 atom stereocenters. The molecule has 0 N–H and O–H groups in total. The summed E-state index contributed by atoms with van der Waals surface area (Å²) in [4.78, 5) is 0.802. The third-order valence-corrected chi connectivity index (χ3v) is 6.98. The number of rotatable bonds is 2. The molecule has 0 spiro atoms. The molecule has 2 aromatic heterocycles. The van der Waals surface area contributed by atoms with E-state index >= 15 is 0 Å². The highest BCUT2D eigenvalue weighted by molar-refractivity contribution is 7.90. The highest BCUT2D eigenvalue weighted by Gasteiger charge is 2.21. The molecule has 4 aromatic carbocycles. The van der Waals surface area contributed by atoms with Gasteiger partial charge in [0.2, 0.25) is 0 Å². The van der Waals surface area contributed by atoms with Gasteiger partial charge >= 0.3 is 0 Å². The second-order valence-electron chi connectivity index (χ2n) is 7.38. The van der Waals surface area contributed by atoms with E-state index < -0.39 is 11.2 Å². The summed E-state index contributed by atoms with van der Waals surface area (Å²) < 4.78 is 14.8. The van der Waals surface area contributed by atoms with Gasteiger partial charge < -0.3 is 8.95 Å². The Bertz CT molecular complexity index is 1470. The average Bonchev–Trinajstić information content (AvgIpc) is 3.25. The Morgan fingerprint density at radius 1 is 0.759 bits per heavy atom. The minimum absolute atomic E-state index is 0.647. The highest BCUT2D eigenvalue weighted by atomic mass is 35.5. The lowest BCUT2D eigenvalue weighted by molar-refractivity contribution is 0.601. The summed E-state index contributed by atoms with van der Waals surface area (Å²) in [5.41, 5.74) is 5.61. The number of halogens is 1. The van der Waals surface area contributed by atoms with E-state index in [1.807, 2.05) is 12.1 Å². The van der Waals surface area contributed by atoms with Crippen LogP contribution >= 0.6 is 11.6 Å². The van der Waals surface area contributed by atoms with Gasteiger partial charge in [0.15, 0.2) is 4.90 Å². The fraction of sp³-hybridized carbons (Fsp3) is 0.0400. The Balaban J connectivity index is 1.84. The Hall–Kier alpha value is -2.72. The highest BCUT2D eigenvalue weighted by Crippen LogP contribution is 2.42. The molecule has 4 heteroatoms. The fourth-order valence-corrected chi connectivity index (χ4v) is 5.50. The zero-order valence-electron chi connectivity index (χ0n) is 15.6. The monoisotopic (exact) mass is 413 g/mol. The summed E-state index contributed by atoms with van der Waals surface area (Å²) in [6, 6.07) is 27.1. The average molecular weight is 414 g/mol. The Kier molecular flexibility index (Phi) is 3.63. The van der Waals surface area contributed by atoms with Crippen molar-refractivity contribution in [2.45, 2.75) is 4.90 Å². The standard InChI is InChI=1S/C25H16ClNOS/c1-29(28)24-11-10-16(26)14-19(24)15-12-20-17-6-2-4-8-22(17)27-23-9-5-3-7-18(23)21(13-15)25(20)27/h2-14H,1H3. The van der Waals surface area contributed by atoms with Crippen molar-refractivity contribution in [3.63, 3.8) is 0 Å². The van der Waals surface area contributed by atoms with Crippen LogP contribution in [0.1, 0.15) is 0 Å². The first-order chi connectivity index (χ1) is 14.1. The molecule has 6 rings (SSSR count). The molecule has 0 fully saturated rings. The molecule has 2 heterocycles. The molecule has 0 aliphatic heterocycles. The van der Waals surface area contributed by atoms with Gasteiger partial charge in [0.25, 0.3) is 0 Å². The molecule has 6 aromatic rings. The maximum atomic E-state index is 12.4. The molecule has 1 unspecified atom stereocenters. The van der Waals surface area contributed by atoms with Gasteiger partial charge in [0.05, 0.1) is 16.6 Å². The zero-order valence-corrected chi connectivity index (χ0v) is 17.2. The summed E-state index contributed by atoms with van der Waals surface area (Å²) in [6.07, 6.45) is 1.71. The summed E-state index contributed by atoms with van der Waals surface area (Å²) in [6.45, 7) is 0. The number of hydrogen-bond donors (Lipinski definition) is 0. The molecular formula is C25H16ClNOS. The first-order valence-electron chi connectivity index (χ1n) is 9.44. The largest absolute Gasteiger partial charge is 0.612 e. The number of para-hydroxylation sites is 2. The number of nitrogens with zero attached hydrogens (tertiary/aromatic N) is 1. The van der Waals surface area contributed by atoms with Crippen molar-refractivity contribution in [1.82, 2.24) is 4.40 Å². The van der Waals surface area contributed by atoms with E-state index in [0.717, 1.165) is 16.0 Å². The fourth-order valence-electron chi connectivity index (χ4n) is 4.58.